The van der Waals surface area contributed by atoms with Gasteiger partial charge in [-0.3, -0.25) is 9.59 Å². The molecule has 1 fully saturated rings. The van der Waals surface area contributed by atoms with E-state index in [2.05, 4.69) is 4.90 Å². The Kier molecular flexibility index (Phi) is 3.63. The van der Waals surface area contributed by atoms with Crippen molar-refractivity contribution in [2.45, 2.75) is 25.8 Å². The zero-order valence-corrected chi connectivity index (χ0v) is 9.12. The van der Waals surface area contributed by atoms with E-state index in [-0.39, 0.29) is 24.2 Å². The Bertz CT molecular complexity index is 238. The largest absolute Gasteiger partial charge is 0.332 e. The van der Waals surface area contributed by atoms with E-state index in [0.717, 1.165) is 13.0 Å². The standard InChI is InChI=1S/C10H18N2O2/c1-8(4-5-11(2)3)12-7-9(13)6-10(12)14/h8H,4-7H2,1-3H3. The van der Waals surface area contributed by atoms with Crippen LogP contribution in [0.2, 0.25) is 0 Å². The predicted octanol–water partition coefficient (Wildman–Crippen LogP) is 0.128. The van der Waals surface area contributed by atoms with Crippen LogP contribution in [0.4, 0.5) is 0 Å². The molecule has 1 atom stereocenters. The summed E-state index contributed by atoms with van der Waals surface area (Å²) in [6.45, 7) is 3.26. The first kappa shape index (κ1) is 11.2. The number of Topliss-reactive ketones (excluding diaryl/α,β-unsaturated/α-hetero) is 1. The smallest absolute Gasteiger partial charge is 0.230 e. The van der Waals surface area contributed by atoms with Gasteiger partial charge in [0.15, 0.2) is 5.78 Å². The second-order valence-electron chi connectivity index (χ2n) is 4.18. The number of carbonyl (C=O) groups is 2. The Balaban J connectivity index is 2.40. The molecule has 1 amide bonds. The van der Waals surface area contributed by atoms with Crippen molar-refractivity contribution in [3.8, 4) is 0 Å². The van der Waals surface area contributed by atoms with Crippen molar-refractivity contribution in [1.29, 1.82) is 0 Å². The van der Waals surface area contributed by atoms with E-state index in [1.807, 2.05) is 21.0 Å². The first-order valence-corrected chi connectivity index (χ1v) is 4.96. The molecule has 1 aliphatic rings. The Morgan fingerprint density at radius 1 is 1.43 bits per heavy atom. The molecule has 0 N–H and O–H groups in total. The Morgan fingerprint density at radius 2 is 2.07 bits per heavy atom. The minimum Gasteiger partial charge on any atom is -0.332 e. The molecule has 80 valence electrons. The van der Waals surface area contributed by atoms with Crippen LogP contribution in [0.3, 0.4) is 0 Å². The van der Waals surface area contributed by atoms with E-state index >= 15 is 0 Å². The van der Waals surface area contributed by atoms with Crippen LogP contribution in [-0.4, -0.2) is 54.7 Å². The van der Waals surface area contributed by atoms with Crippen molar-refractivity contribution in [2.24, 2.45) is 0 Å². The van der Waals surface area contributed by atoms with E-state index in [0.29, 0.717) is 6.54 Å². The molecule has 4 nitrogen and oxygen atoms in total. The van der Waals surface area contributed by atoms with Gasteiger partial charge in [0.25, 0.3) is 0 Å². The number of amides is 1. The van der Waals surface area contributed by atoms with Gasteiger partial charge in [-0.05, 0) is 34.0 Å². The zero-order valence-electron chi connectivity index (χ0n) is 9.12. The molecular weight excluding hydrogens is 180 g/mol. The molecule has 0 aromatic carbocycles. The fourth-order valence-electron chi connectivity index (χ4n) is 1.61. The van der Waals surface area contributed by atoms with Gasteiger partial charge in [0.2, 0.25) is 5.91 Å². The molecule has 0 spiro atoms. The molecular formula is C10H18N2O2. The highest BCUT2D eigenvalue weighted by Gasteiger charge is 2.30. The van der Waals surface area contributed by atoms with Crippen LogP contribution in [0.15, 0.2) is 0 Å². The first-order chi connectivity index (χ1) is 6.50. The van der Waals surface area contributed by atoms with Crippen molar-refractivity contribution in [3.05, 3.63) is 0 Å². The molecule has 4 heteroatoms. The number of carbonyl (C=O) groups excluding carboxylic acids is 2. The maximum absolute atomic E-state index is 11.4. The number of hydrogen-bond donors (Lipinski definition) is 0. The van der Waals surface area contributed by atoms with Crippen molar-refractivity contribution in [3.63, 3.8) is 0 Å². The summed E-state index contributed by atoms with van der Waals surface area (Å²) in [7, 11) is 4.01. The minimum absolute atomic E-state index is 0.0127. The van der Waals surface area contributed by atoms with Crippen molar-refractivity contribution in [2.75, 3.05) is 27.2 Å². The fraction of sp³-hybridized carbons (Fsp3) is 0.800. The summed E-state index contributed by atoms with van der Waals surface area (Å²) in [6, 6.07) is 0.177. The molecule has 14 heavy (non-hydrogen) atoms. The van der Waals surface area contributed by atoms with Gasteiger partial charge in [0, 0.05) is 6.04 Å². The van der Waals surface area contributed by atoms with Crippen molar-refractivity contribution < 1.29 is 9.59 Å². The lowest BCUT2D eigenvalue weighted by molar-refractivity contribution is -0.129. The maximum Gasteiger partial charge on any atom is 0.230 e. The van der Waals surface area contributed by atoms with Crippen LogP contribution in [0, 0.1) is 0 Å². The molecule has 1 rings (SSSR count). The first-order valence-electron chi connectivity index (χ1n) is 4.96. The van der Waals surface area contributed by atoms with E-state index in [1.165, 1.54) is 0 Å². The van der Waals surface area contributed by atoms with Crippen LogP contribution < -0.4 is 0 Å². The zero-order chi connectivity index (χ0) is 10.7. The average molecular weight is 198 g/mol. The second kappa shape index (κ2) is 4.55. The Labute approximate surface area is 84.9 Å². The summed E-state index contributed by atoms with van der Waals surface area (Å²) in [5, 5.41) is 0. The third-order valence-corrected chi connectivity index (χ3v) is 2.54. The molecule has 0 bridgehead atoms. The monoisotopic (exact) mass is 198 g/mol. The number of ketones is 1. The van der Waals surface area contributed by atoms with Crippen molar-refractivity contribution >= 4 is 11.7 Å². The Morgan fingerprint density at radius 3 is 2.50 bits per heavy atom. The summed E-state index contributed by atoms with van der Waals surface area (Å²) >= 11 is 0. The van der Waals surface area contributed by atoms with Crippen molar-refractivity contribution in [1.82, 2.24) is 9.80 Å². The number of hydrogen-bond acceptors (Lipinski definition) is 3. The van der Waals surface area contributed by atoms with Gasteiger partial charge in [-0.2, -0.15) is 0 Å². The SMILES string of the molecule is CC(CCN(C)C)N1CC(=O)CC1=O. The molecule has 0 aliphatic carbocycles. The second-order valence-corrected chi connectivity index (χ2v) is 4.18. The van der Waals surface area contributed by atoms with Gasteiger partial charge in [0.05, 0.1) is 13.0 Å². The molecule has 1 saturated heterocycles. The molecule has 0 saturated carbocycles. The summed E-state index contributed by atoms with van der Waals surface area (Å²) in [5.74, 6) is 0.0351. The molecule has 0 aromatic heterocycles. The highest BCUT2D eigenvalue weighted by molar-refractivity contribution is 6.05. The van der Waals surface area contributed by atoms with Gasteiger partial charge in [-0.15, -0.1) is 0 Å². The third kappa shape index (κ3) is 2.80. The summed E-state index contributed by atoms with van der Waals surface area (Å²) < 4.78 is 0. The topological polar surface area (TPSA) is 40.6 Å². The number of nitrogens with zero attached hydrogens (tertiary/aromatic N) is 2. The number of likely N-dealkylation sites (tertiary alicyclic amines) is 1. The van der Waals surface area contributed by atoms with Crippen LogP contribution in [0.5, 0.6) is 0 Å². The quantitative estimate of drug-likeness (QED) is 0.603. The maximum atomic E-state index is 11.4. The molecule has 0 aromatic rings. The minimum atomic E-state index is -0.0127. The van der Waals surface area contributed by atoms with Gasteiger partial charge < -0.3 is 9.80 Å². The van der Waals surface area contributed by atoms with Crippen LogP contribution in [-0.2, 0) is 9.59 Å². The average Bonchev–Trinajstić information content (AvgIpc) is 2.41. The van der Waals surface area contributed by atoms with Gasteiger partial charge in [0.1, 0.15) is 0 Å². The Hall–Kier alpha value is -0.900. The lowest BCUT2D eigenvalue weighted by Gasteiger charge is -2.24. The normalized spacial score (nSPS) is 19.6. The summed E-state index contributed by atoms with van der Waals surface area (Å²) in [6.07, 6.45) is 1.03. The summed E-state index contributed by atoms with van der Waals surface area (Å²) in [4.78, 5) is 26.2. The van der Waals surface area contributed by atoms with E-state index in [4.69, 9.17) is 0 Å². The van der Waals surface area contributed by atoms with Gasteiger partial charge in [-0.1, -0.05) is 0 Å². The van der Waals surface area contributed by atoms with Crippen LogP contribution in [0.25, 0.3) is 0 Å². The van der Waals surface area contributed by atoms with Crippen LogP contribution >= 0.6 is 0 Å². The lowest BCUT2D eigenvalue weighted by Crippen LogP contribution is -2.36. The highest BCUT2D eigenvalue weighted by atomic mass is 16.2. The highest BCUT2D eigenvalue weighted by Crippen LogP contribution is 2.13. The fourth-order valence-corrected chi connectivity index (χ4v) is 1.61. The third-order valence-electron chi connectivity index (χ3n) is 2.54. The number of rotatable bonds is 4. The molecule has 1 unspecified atom stereocenters. The van der Waals surface area contributed by atoms with Gasteiger partial charge in [-0.25, -0.2) is 0 Å². The predicted molar refractivity (Wildman–Crippen MR) is 54.0 cm³/mol. The van der Waals surface area contributed by atoms with Gasteiger partial charge >= 0.3 is 0 Å². The molecule has 1 heterocycles. The molecule has 1 aliphatic heterocycles. The van der Waals surface area contributed by atoms with E-state index in [1.54, 1.807) is 4.90 Å². The molecule has 0 radical (unpaired) electrons. The lowest BCUT2D eigenvalue weighted by atomic mass is 10.2. The summed E-state index contributed by atoms with van der Waals surface area (Å²) in [5.41, 5.74) is 0. The van der Waals surface area contributed by atoms with Crippen LogP contribution in [0.1, 0.15) is 19.8 Å². The van der Waals surface area contributed by atoms with E-state index in [9.17, 15) is 9.59 Å². The van der Waals surface area contributed by atoms with E-state index < -0.39 is 0 Å².